The van der Waals surface area contributed by atoms with Gasteiger partial charge in [0.1, 0.15) is 0 Å². The summed E-state index contributed by atoms with van der Waals surface area (Å²) in [6, 6.07) is 3.29. The van der Waals surface area contributed by atoms with Gasteiger partial charge in [0.25, 0.3) is 0 Å². The Balaban J connectivity index is 1.90. The van der Waals surface area contributed by atoms with Crippen LogP contribution in [0.5, 0.6) is 0 Å². The molecule has 0 aromatic carbocycles. The predicted molar refractivity (Wildman–Crippen MR) is 78.3 cm³/mol. The molecular weight excluding hydrogens is 355 g/mol. The van der Waals surface area contributed by atoms with Crippen LogP contribution in [0.25, 0.3) is 6.08 Å². The van der Waals surface area contributed by atoms with Gasteiger partial charge in [-0.2, -0.15) is 22.0 Å². The summed E-state index contributed by atoms with van der Waals surface area (Å²) in [6.07, 6.45) is -2.84. The first kappa shape index (κ1) is 16.9. The van der Waals surface area contributed by atoms with Crippen LogP contribution in [0.15, 0.2) is 22.9 Å². The van der Waals surface area contributed by atoms with Gasteiger partial charge in [0.2, 0.25) is 0 Å². The first-order valence-corrected chi connectivity index (χ1v) is 7.83. The lowest BCUT2D eigenvalue weighted by Gasteiger charge is -2.18. The summed E-state index contributed by atoms with van der Waals surface area (Å²) in [5.41, 5.74) is -2.59. The molecule has 0 saturated carbocycles. The van der Waals surface area contributed by atoms with E-state index in [1.807, 2.05) is 0 Å². The Morgan fingerprint density at radius 2 is 1.83 bits per heavy atom. The van der Waals surface area contributed by atoms with E-state index in [0.29, 0.717) is 4.88 Å². The number of thiophene rings is 1. The standard InChI is InChI=1S/C14H11F5N2O2S/c15-13(16,14(17,18)19)11-9(12(22)23-20-11)7-8-3-4-10(24-8)21-5-1-2-6-21/h3-4,7H,1-2,5-6H2/b9-7-. The number of halogens is 5. The Kier molecular flexibility index (Phi) is 4.10. The van der Waals surface area contributed by atoms with Crippen LogP contribution in [0.3, 0.4) is 0 Å². The highest BCUT2D eigenvalue weighted by Gasteiger charge is 2.64. The number of anilines is 1. The zero-order chi connectivity index (χ0) is 17.5. The smallest absolute Gasteiger partial charge is 0.363 e. The van der Waals surface area contributed by atoms with Gasteiger partial charge >= 0.3 is 18.1 Å². The Hall–Kier alpha value is -1.97. The maximum Gasteiger partial charge on any atom is 0.459 e. The lowest BCUT2D eigenvalue weighted by atomic mass is 10.0. The highest BCUT2D eigenvalue weighted by molar-refractivity contribution is 7.17. The number of carbonyl (C=O) groups is 1. The van der Waals surface area contributed by atoms with Gasteiger partial charge in [-0.25, -0.2) is 4.79 Å². The minimum absolute atomic E-state index is 0.372. The molecule has 24 heavy (non-hydrogen) atoms. The molecule has 0 N–H and O–H groups in total. The highest BCUT2D eigenvalue weighted by atomic mass is 32.1. The second kappa shape index (κ2) is 5.83. The summed E-state index contributed by atoms with van der Waals surface area (Å²) < 4.78 is 64.5. The first-order valence-electron chi connectivity index (χ1n) is 7.01. The van der Waals surface area contributed by atoms with E-state index in [-0.39, 0.29) is 0 Å². The largest absolute Gasteiger partial charge is 0.459 e. The van der Waals surface area contributed by atoms with Crippen molar-refractivity contribution >= 4 is 34.1 Å². The topological polar surface area (TPSA) is 41.9 Å². The molecule has 130 valence electrons. The van der Waals surface area contributed by atoms with Gasteiger partial charge in [-0.3, -0.25) is 0 Å². The van der Waals surface area contributed by atoms with Crippen LogP contribution in [-0.2, 0) is 9.63 Å². The molecular formula is C14H11F5N2O2S. The molecule has 0 bridgehead atoms. The number of oxime groups is 1. The van der Waals surface area contributed by atoms with E-state index < -0.39 is 29.4 Å². The van der Waals surface area contributed by atoms with Crippen molar-refractivity contribution in [3.63, 3.8) is 0 Å². The molecule has 1 saturated heterocycles. The van der Waals surface area contributed by atoms with Crippen LogP contribution in [0.1, 0.15) is 17.7 Å². The number of hydrogen-bond acceptors (Lipinski definition) is 5. The van der Waals surface area contributed by atoms with Gasteiger partial charge in [0, 0.05) is 18.0 Å². The van der Waals surface area contributed by atoms with Gasteiger partial charge in [-0.1, -0.05) is 5.16 Å². The van der Waals surface area contributed by atoms with Crippen LogP contribution in [0.4, 0.5) is 27.0 Å². The SMILES string of the molecule is O=C1ON=C(C(F)(F)C(F)(F)F)/C1=C/c1ccc(N2CCCC2)s1. The van der Waals surface area contributed by atoms with Crippen molar-refractivity contribution in [2.24, 2.45) is 5.16 Å². The van der Waals surface area contributed by atoms with E-state index in [0.717, 1.165) is 37.0 Å². The summed E-state index contributed by atoms with van der Waals surface area (Å²) in [5, 5.41) is 3.51. The molecule has 0 amide bonds. The third-order valence-electron chi connectivity index (χ3n) is 3.67. The molecule has 0 aliphatic carbocycles. The average molecular weight is 366 g/mol. The summed E-state index contributed by atoms with van der Waals surface area (Å²) in [4.78, 5) is 18.0. The Morgan fingerprint density at radius 3 is 2.46 bits per heavy atom. The van der Waals surface area contributed by atoms with Crippen molar-refractivity contribution in [1.82, 2.24) is 0 Å². The zero-order valence-electron chi connectivity index (χ0n) is 12.1. The third kappa shape index (κ3) is 2.90. The maximum absolute atomic E-state index is 13.5. The summed E-state index contributed by atoms with van der Waals surface area (Å²) in [7, 11) is 0. The molecule has 2 aliphatic heterocycles. The van der Waals surface area contributed by atoms with Gasteiger partial charge in [-0.15, -0.1) is 11.3 Å². The molecule has 4 nitrogen and oxygen atoms in total. The number of alkyl halides is 5. The van der Waals surface area contributed by atoms with Gasteiger partial charge in [0.15, 0.2) is 5.71 Å². The number of hydrogen-bond donors (Lipinski definition) is 0. The second-order valence-corrected chi connectivity index (χ2v) is 6.41. The Morgan fingerprint density at radius 1 is 1.17 bits per heavy atom. The molecule has 0 radical (unpaired) electrons. The molecule has 1 aromatic rings. The predicted octanol–water partition coefficient (Wildman–Crippen LogP) is 3.84. The van der Waals surface area contributed by atoms with Crippen LogP contribution >= 0.6 is 11.3 Å². The fraction of sp³-hybridized carbons (Fsp3) is 0.429. The van der Waals surface area contributed by atoms with Crippen molar-refractivity contribution < 1.29 is 31.6 Å². The first-order chi connectivity index (χ1) is 11.2. The summed E-state index contributed by atoms with van der Waals surface area (Å²) in [6.45, 7) is 1.72. The van der Waals surface area contributed by atoms with E-state index in [9.17, 15) is 26.7 Å². The fourth-order valence-corrected chi connectivity index (χ4v) is 3.44. The van der Waals surface area contributed by atoms with Crippen LogP contribution in [-0.4, -0.2) is 36.9 Å². The lowest BCUT2D eigenvalue weighted by Crippen LogP contribution is -2.44. The Bertz CT molecular complexity index is 717. The molecule has 0 spiro atoms. The van der Waals surface area contributed by atoms with Crippen molar-refractivity contribution in [3.8, 4) is 0 Å². The number of carbonyl (C=O) groups excluding carboxylic acids is 1. The molecule has 1 fully saturated rings. The molecule has 3 rings (SSSR count). The molecule has 0 unspecified atom stereocenters. The van der Waals surface area contributed by atoms with Crippen LogP contribution < -0.4 is 4.90 Å². The highest BCUT2D eigenvalue weighted by Crippen LogP contribution is 2.41. The van der Waals surface area contributed by atoms with Gasteiger partial charge in [-0.05, 0) is 31.1 Å². The number of nitrogens with zero attached hydrogens (tertiary/aromatic N) is 2. The molecule has 2 aliphatic rings. The molecule has 3 heterocycles. The van der Waals surface area contributed by atoms with Crippen molar-refractivity contribution in [2.75, 3.05) is 18.0 Å². The normalized spacial score (nSPS) is 20.7. The fourth-order valence-electron chi connectivity index (χ4n) is 2.44. The van der Waals surface area contributed by atoms with Crippen molar-refractivity contribution in [3.05, 3.63) is 22.6 Å². The molecule has 10 heteroatoms. The van der Waals surface area contributed by atoms with E-state index in [4.69, 9.17) is 0 Å². The summed E-state index contributed by atoms with van der Waals surface area (Å²) in [5.74, 6) is -6.59. The van der Waals surface area contributed by atoms with Gasteiger partial charge in [0.05, 0.1) is 10.6 Å². The van der Waals surface area contributed by atoms with E-state index in [1.165, 1.54) is 11.3 Å². The van der Waals surface area contributed by atoms with Crippen LogP contribution in [0, 0.1) is 0 Å². The minimum Gasteiger partial charge on any atom is -0.363 e. The molecule has 0 atom stereocenters. The monoisotopic (exact) mass is 366 g/mol. The zero-order valence-corrected chi connectivity index (χ0v) is 12.9. The summed E-state index contributed by atoms with van der Waals surface area (Å²) >= 11 is 1.20. The van der Waals surface area contributed by atoms with Crippen LogP contribution in [0.2, 0.25) is 0 Å². The van der Waals surface area contributed by atoms with E-state index >= 15 is 0 Å². The van der Waals surface area contributed by atoms with E-state index in [2.05, 4.69) is 14.9 Å². The number of rotatable bonds is 3. The average Bonchev–Trinajstić information content (AvgIpc) is 3.20. The second-order valence-electron chi connectivity index (χ2n) is 5.32. The lowest BCUT2D eigenvalue weighted by molar-refractivity contribution is -0.249. The molecule has 1 aromatic heterocycles. The third-order valence-corrected chi connectivity index (χ3v) is 4.76. The minimum atomic E-state index is -5.87. The Labute approximate surface area is 137 Å². The van der Waals surface area contributed by atoms with E-state index in [1.54, 1.807) is 12.1 Å². The quantitative estimate of drug-likeness (QED) is 0.464. The van der Waals surface area contributed by atoms with Crippen molar-refractivity contribution in [2.45, 2.75) is 24.9 Å². The van der Waals surface area contributed by atoms with Gasteiger partial charge < -0.3 is 9.74 Å². The van der Waals surface area contributed by atoms with Crippen molar-refractivity contribution in [1.29, 1.82) is 0 Å². The maximum atomic E-state index is 13.5.